The fourth-order valence-corrected chi connectivity index (χ4v) is 2.99. The van der Waals surface area contributed by atoms with Crippen LogP contribution in [0.15, 0.2) is 4.52 Å². The third-order valence-electron chi connectivity index (χ3n) is 4.31. The Morgan fingerprint density at radius 1 is 1.28 bits per heavy atom. The fraction of sp³-hybridized carbons (Fsp3) is 0.846. The van der Waals surface area contributed by atoms with Gasteiger partial charge in [0.1, 0.15) is 5.54 Å². The van der Waals surface area contributed by atoms with Crippen molar-refractivity contribution in [2.75, 3.05) is 13.2 Å². The molecule has 0 spiro atoms. The van der Waals surface area contributed by atoms with Crippen LogP contribution in [-0.4, -0.2) is 23.4 Å². The van der Waals surface area contributed by atoms with Crippen molar-refractivity contribution >= 4 is 0 Å². The second kappa shape index (κ2) is 4.63. The van der Waals surface area contributed by atoms with Gasteiger partial charge >= 0.3 is 0 Å². The van der Waals surface area contributed by atoms with Crippen LogP contribution in [0.5, 0.6) is 0 Å². The molecule has 5 heteroatoms. The number of rotatable bonds is 2. The molecule has 2 fully saturated rings. The van der Waals surface area contributed by atoms with E-state index < -0.39 is 5.54 Å². The molecule has 1 aromatic heterocycles. The highest BCUT2D eigenvalue weighted by Crippen LogP contribution is 2.37. The molecular formula is C13H21N3O2. The minimum atomic E-state index is -0.478. The predicted molar refractivity (Wildman–Crippen MR) is 66.0 cm³/mol. The van der Waals surface area contributed by atoms with Crippen molar-refractivity contribution in [3.05, 3.63) is 11.7 Å². The number of aromatic nitrogens is 2. The van der Waals surface area contributed by atoms with E-state index in [1.165, 1.54) is 19.3 Å². The molecule has 3 rings (SSSR count). The van der Waals surface area contributed by atoms with E-state index in [1.54, 1.807) is 0 Å². The van der Waals surface area contributed by atoms with Gasteiger partial charge in [0.15, 0.2) is 5.82 Å². The van der Waals surface area contributed by atoms with Gasteiger partial charge in [0.2, 0.25) is 5.89 Å². The lowest BCUT2D eigenvalue weighted by Crippen LogP contribution is -2.42. The highest BCUT2D eigenvalue weighted by Gasteiger charge is 2.37. The average Bonchev–Trinajstić information content (AvgIpc) is 2.98. The molecule has 1 aromatic rings. The van der Waals surface area contributed by atoms with Crippen LogP contribution < -0.4 is 5.73 Å². The Kier molecular flexibility index (Phi) is 3.11. The summed E-state index contributed by atoms with van der Waals surface area (Å²) in [7, 11) is 0. The summed E-state index contributed by atoms with van der Waals surface area (Å²) in [5, 5.41) is 4.15. The summed E-state index contributed by atoms with van der Waals surface area (Å²) >= 11 is 0. The van der Waals surface area contributed by atoms with Gasteiger partial charge in [0.25, 0.3) is 0 Å². The van der Waals surface area contributed by atoms with Crippen molar-refractivity contribution in [2.45, 2.75) is 50.5 Å². The highest BCUT2D eigenvalue weighted by molar-refractivity contribution is 5.06. The second-order valence-corrected chi connectivity index (χ2v) is 5.84. The van der Waals surface area contributed by atoms with Gasteiger partial charge in [-0.05, 0) is 38.0 Å². The van der Waals surface area contributed by atoms with Gasteiger partial charge < -0.3 is 15.0 Å². The van der Waals surface area contributed by atoms with E-state index in [9.17, 15) is 0 Å². The summed E-state index contributed by atoms with van der Waals surface area (Å²) in [6, 6.07) is 0. The third kappa shape index (κ3) is 2.17. The Hall–Kier alpha value is -0.940. The van der Waals surface area contributed by atoms with Crippen LogP contribution >= 0.6 is 0 Å². The van der Waals surface area contributed by atoms with Gasteiger partial charge in [0.05, 0.1) is 0 Å². The summed E-state index contributed by atoms with van der Waals surface area (Å²) in [5.74, 6) is 2.68. The zero-order valence-electron chi connectivity index (χ0n) is 10.9. The van der Waals surface area contributed by atoms with Gasteiger partial charge in [-0.2, -0.15) is 4.98 Å². The van der Waals surface area contributed by atoms with E-state index in [0.29, 0.717) is 25.0 Å². The number of nitrogens with zero attached hydrogens (tertiary/aromatic N) is 2. The van der Waals surface area contributed by atoms with Crippen molar-refractivity contribution in [3.8, 4) is 0 Å². The van der Waals surface area contributed by atoms with Gasteiger partial charge in [-0.3, -0.25) is 0 Å². The quantitative estimate of drug-likeness (QED) is 0.869. The van der Waals surface area contributed by atoms with E-state index in [4.69, 9.17) is 15.0 Å². The van der Waals surface area contributed by atoms with Crippen LogP contribution in [0.2, 0.25) is 0 Å². The van der Waals surface area contributed by atoms with Crippen LogP contribution in [-0.2, 0) is 10.3 Å². The summed E-state index contributed by atoms with van der Waals surface area (Å²) in [4.78, 5) is 4.56. The third-order valence-corrected chi connectivity index (χ3v) is 4.31. The summed E-state index contributed by atoms with van der Waals surface area (Å²) in [6.07, 6.45) is 5.11. The van der Waals surface area contributed by atoms with Crippen LogP contribution in [0.25, 0.3) is 0 Å². The predicted octanol–water partition coefficient (Wildman–Crippen LogP) is 1.94. The molecule has 1 saturated carbocycles. The molecule has 2 unspecified atom stereocenters. The highest BCUT2D eigenvalue weighted by atomic mass is 16.5. The molecule has 2 N–H and O–H groups in total. The Labute approximate surface area is 107 Å². The Balaban J connectivity index is 1.76. The zero-order valence-corrected chi connectivity index (χ0v) is 10.9. The lowest BCUT2D eigenvalue weighted by molar-refractivity contribution is 0.0400. The molecule has 100 valence electrons. The standard InChI is InChI=1S/C13H21N3O2/c1-9-2-3-10(8-9)11-15-12(18-16-11)13(14)4-6-17-7-5-13/h9-10H,2-8,14H2,1H3. The van der Waals surface area contributed by atoms with Crippen molar-refractivity contribution < 1.29 is 9.26 Å². The molecule has 0 amide bonds. The molecule has 18 heavy (non-hydrogen) atoms. The summed E-state index contributed by atoms with van der Waals surface area (Å²) in [6.45, 7) is 3.63. The number of ether oxygens (including phenoxy) is 1. The zero-order chi connectivity index (χ0) is 12.6. The monoisotopic (exact) mass is 251 g/mol. The molecule has 1 aliphatic heterocycles. The first kappa shape index (κ1) is 12.1. The Bertz CT molecular complexity index is 412. The maximum absolute atomic E-state index is 6.34. The minimum absolute atomic E-state index is 0.459. The Morgan fingerprint density at radius 2 is 2.06 bits per heavy atom. The van der Waals surface area contributed by atoms with E-state index in [0.717, 1.165) is 24.6 Å². The van der Waals surface area contributed by atoms with Gasteiger partial charge in [-0.1, -0.05) is 12.1 Å². The van der Waals surface area contributed by atoms with Crippen LogP contribution in [0.3, 0.4) is 0 Å². The lowest BCUT2D eigenvalue weighted by Gasteiger charge is -2.29. The smallest absolute Gasteiger partial charge is 0.246 e. The molecule has 5 nitrogen and oxygen atoms in total. The van der Waals surface area contributed by atoms with Crippen molar-refractivity contribution in [1.29, 1.82) is 0 Å². The van der Waals surface area contributed by atoms with E-state index in [-0.39, 0.29) is 0 Å². The molecule has 1 saturated heterocycles. The number of hydrogen-bond donors (Lipinski definition) is 1. The van der Waals surface area contributed by atoms with E-state index >= 15 is 0 Å². The molecule has 0 aromatic carbocycles. The van der Waals surface area contributed by atoms with Gasteiger partial charge in [-0.15, -0.1) is 0 Å². The van der Waals surface area contributed by atoms with E-state index in [2.05, 4.69) is 17.1 Å². The lowest BCUT2D eigenvalue weighted by atomic mass is 9.91. The van der Waals surface area contributed by atoms with Gasteiger partial charge in [0, 0.05) is 19.1 Å². The molecular weight excluding hydrogens is 230 g/mol. The average molecular weight is 251 g/mol. The normalized spacial score (nSPS) is 31.7. The van der Waals surface area contributed by atoms with Crippen molar-refractivity contribution in [1.82, 2.24) is 10.1 Å². The second-order valence-electron chi connectivity index (χ2n) is 5.84. The molecule has 2 atom stereocenters. The topological polar surface area (TPSA) is 74.2 Å². The largest absolute Gasteiger partial charge is 0.381 e. The maximum atomic E-state index is 6.34. The van der Waals surface area contributed by atoms with Crippen molar-refractivity contribution in [3.63, 3.8) is 0 Å². The maximum Gasteiger partial charge on any atom is 0.246 e. The van der Waals surface area contributed by atoms with E-state index in [1.807, 2.05) is 0 Å². The Morgan fingerprint density at radius 3 is 2.72 bits per heavy atom. The molecule has 2 heterocycles. The minimum Gasteiger partial charge on any atom is -0.381 e. The molecule has 0 radical (unpaired) electrons. The summed E-state index contributed by atoms with van der Waals surface area (Å²) < 4.78 is 10.8. The number of hydrogen-bond acceptors (Lipinski definition) is 5. The van der Waals surface area contributed by atoms with Crippen LogP contribution in [0.4, 0.5) is 0 Å². The van der Waals surface area contributed by atoms with Crippen LogP contribution in [0, 0.1) is 5.92 Å². The fourth-order valence-electron chi connectivity index (χ4n) is 2.99. The first-order chi connectivity index (χ1) is 8.67. The first-order valence-electron chi connectivity index (χ1n) is 6.88. The van der Waals surface area contributed by atoms with Crippen molar-refractivity contribution in [2.24, 2.45) is 11.7 Å². The summed E-state index contributed by atoms with van der Waals surface area (Å²) in [5.41, 5.74) is 5.86. The number of nitrogens with two attached hydrogens (primary N) is 1. The molecule has 0 bridgehead atoms. The molecule has 2 aliphatic rings. The first-order valence-corrected chi connectivity index (χ1v) is 6.88. The van der Waals surface area contributed by atoms with Crippen LogP contribution in [0.1, 0.15) is 56.7 Å². The SMILES string of the molecule is CC1CCC(c2noc(C3(N)CCOCC3)n2)C1. The molecule has 1 aliphatic carbocycles. The van der Waals surface area contributed by atoms with Gasteiger partial charge in [-0.25, -0.2) is 0 Å².